The van der Waals surface area contributed by atoms with E-state index >= 15 is 0 Å². The summed E-state index contributed by atoms with van der Waals surface area (Å²) in [6.45, 7) is 5.77. The summed E-state index contributed by atoms with van der Waals surface area (Å²) >= 11 is 12.2. The van der Waals surface area contributed by atoms with Gasteiger partial charge in [0.15, 0.2) is 6.61 Å². The molecule has 0 aliphatic heterocycles. The van der Waals surface area contributed by atoms with E-state index in [4.69, 9.17) is 27.9 Å². The Morgan fingerprint density at radius 2 is 1.72 bits per heavy atom. The van der Waals surface area contributed by atoms with Crippen LogP contribution in [0.1, 0.15) is 49.3 Å². The molecule has 1 N–H and O–H groups in total. The Hall–Kier alpha value is -2.24. The fraction of sp³-hybridized carbons (Fsp3) is 0.440. The van der Waals surface area contributed by atoms with Crippen molar-refractivity contribution in [1.29, 1.82) is 0 Å². The Morgan fingerprint density at radius 3 is 2.34 bits per heavy atom. The van der Waals surface area contributed by atoms with Gasteiger partial charge in [-0.15, -0.1) is 0 Å². The second-order valence-electron chi connectivity index (χ2n) is 8.55. The normalized spacial score (nSPS) is 14.8. The molecule has 32 heavy (non-hydrogen) atoms. The van der Waals surface area contributed by atoms with Crippen LogP contribution < -0.4 is 10.1 Å². The van der Waals surface area contributed by atoms with Gasteiger partial charge in [-0.2, -0.15) is 0 Å². The van der Waals surface area contributed by atoms with Crippen LogP contribution in [0.2, 0.25) is 10.0 Å². The first-order valence-corrected chi connectivity index (χ1v) is 11.7. The van der Waals surface area contributed by atoms with Crippen molar-refractivity contribution in [1.82, 2.24) is 10.2 Å². The summed E-state index contributed by atoms with van der Waals surface area (Å²) in [5.74, 6) is 0.203. The van der Waals surface area contributed by atoms with Crippen LogP contribution in [0.15, 0.2) is 36.4 Å². The molecule has 0 aromatic heterocycles. The monoisotopic (exact) mass is 476 g/mol. The highest BCUT2D eigenvalue weighted by atomic mass is 35.5. The molecule has 1 atom stereocenters. The maximum Gasteiger partial charge on any atom is 0.261 e. The number of ether oxygens (including phenoxy) is 1. The van der Waals surface area contributed by atoms with Crippen LogP contribution in [0.25, 0.3) is 0 Å². The van der Waals surface area contributed by atoms with E-state index in [9.17, 15) is 9.59 Å². The number of nitrogens with zero attached hydrogens (tertiary/aromatic N) is 1. The van der Waals surface area contributed by atoms with Gasteiger partial charge in [0.05, 0.1) is 10.0 Å². The van der Waals surface area contributed by atoms with Gasteiger partial charge >= 0.3 is 0 Å². The number of carbonyl (C=O) groups excluding carboxylic acids is 2. The number of rotatable bonds is 8. The van der Waals surface area contributed by atoms with E-state index in [1.54, 1.807) is 25.1 Å². The van der Waals surface area contributed by atoms with E-state index in [1.807, 2.05) is 32.0 Å². The van der Waals surface area contributed by atoms with Crippen LogP contribution in [0, 0.1) is 13.8 Å². The van der Waals surface area contributed by atoms with Crippen molar-refractivity contribution < 1.29 is 14.3 Å². The highest BCUT2D eigenvalue weighted by molar-refractivity contribution is 6.42. The second kappa shape index (κ2) is 11.1. The van der Waals surface area contributed by atoms with E-state index in [-0.39, 0.29) is 31.0 Å². The zero-order valence-corrected chi connectivity index (χ0v) is 20.3. The van der Waals surface area contributed by atoms with Gasteiger partial charge in [-0.1, -0.05) is 48.2 Å². The molecule has 2 amide bonds. The summed E-state index contributed by atoms with van der Waals surface area (Å²) in [6.07, 6.45) is 4.20. The lowest BCUT2D eigenvalue weighted by atomic mass is 10.1. The first-order valence-electron chi connectivity index (χ1n) is 11.0. The average molecular weight is 477 g/mol. The van der Waals surface area contributed by atoms with Gasteiger partial charge in [-0.3, -0.25) is 9.59 Å². The lowest BCUT2D eigenvalue weighted by molar-refractivity contribution is -0.142. The highest BCUT2D eigenvalue weighted by Crippen LogP contribution is 2.24. The van der Waals surface area contributed by atoms with Crippen molar-refractivity contribution in [2.24, 2.45) is 0 Å². The second-order valence-corrected chi connectivity index (χ2v) is 9.36. The molecule has 2 aromatic carbocycles. The van der Waals surface area contributed by atoms with Gasteiger partial charge in [-0.05, 0) is 74.6 Å². The van der Waals surface area contributed by atoms with E-state index < -0.39 is 6.04 Å². The number of aryl methyl sites for hydroxylation is 2. The molecule has 0 spiro atoms. The van der Waals surface area contributed by atoms with Gasteiger partial charge in [-0.25, -0.2) is 0 Å². The number of benzene rings is 2. The number of hydrogen-bond acceptors (Lipinski definition) is 3. The molecule has 0 bridgehead atoms. The molecule has 1 aliphatic carbocycles. The Labute approximate surface area is 200 Å². The molecule has 0 unspecified atom stereocenters. The van der Waals surface area contributed by atoms with Crippen molar-refractivity contribution >= 4 is 35.0 Å². The first-order chi connectivity index (χ1) is 15.2. The minimum atomic E-state index is -0.652. The number of halogens is 2. The first kappa shape index (κ1) is 24.4. The van der Waals surface area contributed by atoms with E-state index in [2.05, 4.69) is 5.32 Å². The Bertz CT molecular complexity index is 953. The van der Waals surface area contributed by atoms with Crippen LogP contribution in [0.4, 0.5) is 0 Å². The summed E-state index contributed by atoms with van der Waals surface area (Å²) in [5.41, 5.74) is 2.91. The van der Waals surface area contributed by atoms with Crippen LogP contribution in [0.5, 0.6) is 5.75 Å². The van der Waals surface area contributed by atoms with Crippen molar-refractivity contribution in [2.45, 2.75) is 65.1 Å². The minimum absolute atomic E-state index is 0.156. The Morgan fingerprint density at radius 1 is 1.06 bits per heavy atom. The van der Waals surface area contributed by atoms with Crippen molar-refractivity contribution in [3.05, 3.63) is 63.1 Å². The quantitative estimate of drug-likeness (QED) is 0.549. The van der Waals surface area contributed by atoms with Crippen molar-refractivity contribution in [3.63, 3.8) is 0 Å². The van der Waals surface area contributed by atoms with Gasteiger partial charge in [0.2, 0.25) is 5.91 Å². The minimum Gasteiger partial charge on any atom is -0.484 e. The smallest absolute Gasteiger partial charge is 0.261 e. The van der Waals surface area contributed by atoms with Gasteiger partial charge in [0.25, 0.3) is 5.91 Å². The lowest BCUT2D eigenvalue weighted by Gasteiger charge is -2.29. The fourth-order valence-electron chi connectivity index (χ4n) is 4.05. The van der Waals surface area contributed by atoms with Crippen LogP contribution in [0.3, 0.4) is 0 Å². The molecule has 1 fully saturated rings. The molecule has 2 aromatic rings. The third-order valence-electron chi connectivity index (χ3n) is 5.76. The van der Waals surface area contributed by atoms with E-state index in [1.165, 1.54) is 4.90 Å². The summed E-state index contributed by atoms with van der Waals surface area (Å²) in [5, 5.41) is 3.94. The van der Waals surface area contributed by atoms with Crippen LogP contribution in [-0.2, 0) is 16.1 Å². The number of amides is 2. The molecule has 5 nitrogen and oxygen atoms in total. The highest BCUT2D eigenvalue weighted by Gasteiger charge is 2.29. The maximum absolute atomic E-state index is 13.2. The molecule has 172 valence electrons. The Kier molecular flexibility index (Phi) is 8.44. The molecular weight excluding hydrogens is 447 g/mol. The predicted molar refractivity (Wildman–Crippen MR) is 128 cm³/mol. The van der Waals surface area contributed by atoms with Gasteiger partial charge < -0.3 is 15.0 Å². The van der Waals surface area contributed by atoms with Gasteiger partial charge in [0, 0.05) is 12.6 Å². The van der Waals surface area contributed by atoms with Gasteiger partial charge in [0.1, 0.15) is 11.8 Å². The third-order valence-corrected chi connectivity index (χ3v) is 6.50. The standard InChI is InChI=1S/C25H30Cl2N2O3/c1-16-10-17(2)12-21(11-16)32-15-24(30)29(14-19-8-9-22(26)23(27)13-19)18(3)25(31)28-20-6-4-5-7-20/h8-13,18,20H,4-7,14-15H2,1-3H3,(H,28,31)/t18-/m1/s1. The average Bonchev–Trinajstić information content (AvgIpc) is 3.24. The molecule has 0 saturated heterocycles. The maximum atomic E-state index is 13.2. The fourth-order valence-corrected chi connectivity index (χ4v) is 4.37. The molecule has 1 saturated carbocycles. The third kappa shape index (κ3) is 6.63. The SMILES string of the molecule is Cc1cc(C)cc(OCC(=O)N(Cc2ccc(Cl)c(Cl)c2)[C@H](C)C(=O)NC2CCCC2)c1. The molecular formula is C25H30Cl2N2O3. The number of carbonyl (C=O) groups is 2. The lowest BCUT2D eigenvalue weighted by Crippen LogP contribution is -2.50. The molecule has 3 rings (SSSR count). The van der Waals surface area contributed by atoms with E-state index in [0.717, 1.165) is 42.4 Å². The summed E-state index contributed by atoms with van der Waals surface area (Å²) in [4.78, 5) is 27.6. The Balaban J connectivity index is 1.75. The topological polar surface area (TPSA) is 58.6 Å². The van der Waals surface area contributed by atoms with Crippen LogP contribution >= 0.6 is 23.2 Å². The molecule has 1 aliphatic rings. The zero-order chi connectivity index (χ0) is 23.3. The molecule has 0 heterocycles. The van der Waals surface area contributed by atoms with Crippen LogP contribution in [-0.4, -0.2) is 35.4 Å². The predicted octanol–water partition coefficient (Wildman–Crippen LogP) is 5.47. The molecule has 7 heteroatoms. The number of hydrogen-bond donors (Lipinski definition) is 1. The number of nitrogens with one attached hydrogen (secondary N) is 1. The summed E-state index contributed by atoms with van der Waals surface area (Å²) < 4.78 is 5.78. The molecule has 0 radical (unpaired) electrons. The largest absolute Gasteiger partial charge is 0.484 e. The summed E-state index contributed by atoms with van der Waals surface area (Å²) in [7, 11) is 0. The van der Waals surface area contributed by atoms with Crippen molar-refractivity contribution in [3.8, 4) is 5.75 Å². The zero-order valence-electron chi connectivity index (χ0n) is 18.8. The van der Waals surface area contributed by atoms with E-state index in [0.29, 0.717) is 15.8 Å². The summed E-state index contributed by atoms with van der Waals surface area (Å²) in [6, 6.07) is 10.6. The van der Waals surface area contributed by atoms with Crippen molar-refractivity contribution in [2.75, 3.05) is 6.61 Å².